The van der Waals surface area contributed by atoms with Crippen LogP contribution in [0.4, 0.5) is 0 Å². The normalized spacial score (nSPS) is 51.5. The monoisotopic (exact) mass is 166 g/mol. The molecule has 1 heterocycles. The average molecular weight is 166 g/mol. The average Bonchev–Trinajstić information content (AvgIpc) is 2.17. The van der Waals surface area contributed by atoms with E-state index < -0.39 is 30.9 Å². The topological polar surface area (TPSA) is 110 Å². The second-order valence-corrected chi connectivity index (χ2v) is 2.45. The Kier molecular flexibility index (Phi) is 2.15. The zero-order chi connectivity index (χ0) is 8.65. The highest BCUT2D eigenvalue weighted by molar-refractivity contribution is 4.90. The maximum absolute atomic E-state index is 9.07. The molecule has 0 amide bonds. The maximum atomic E-state index is 9.07. The second-order valence-electron chi connectivity index (χ2n) is 2.45. The molecule has 4 atom stereocenters. The van der Waals surface area contributed by atoms with Gasteiger partial charge in [-0.2, -0.15) is 0 Å². The molecule has 66 valence electrons. The van der Waals surface area contributed by atoms with Crippen molar-refractivity contribution in [2.75, 3.05) is 6.61 Å². The molecule has 11 heavy (non-hydrogen) atoms. The van der Waals surface area contributed by atoms with Crippen molar-refractivity contribution in [1.82, 2.24) is 0 Å². The third kappa shape index (κ3) is 1.24. The van der Waals surface area contributed by atoms with Crippen molar-refractivity contribution in [3.8, 4) is 0 Å². The van der Waals surface area contributed by atoms with E-state index in [4.69, 9.17) is 25.5 Å². The van der Waals surface area contributed by atoms with Crippen LogP contribution in [0.2, 0.25) is 0 Å². The van der Waals surface area contributed by atoms with E-state index >= 15 is 0 Å². The summed E-state index contributed by atoms with van der Waals surface area (Å²) in [6, 6.07) is 0. The van der Waals surface area contributed by atoms with Gasteiger partial charge in [0, 0.05) is 0 Å². The number of aliphatic hydroxyl groups is 5. The van der Waals surface area contributed by atoms with Crippen LogP contribution >= 0.6 is 0 Å². The third-order valence-electron chi connectivity index (χ3n) is 1.63. The van der Waals surface area contributed by atoms with Crippen LogP contribution in [0.25, 0.3) is 0 Å². The highest BCUT2D eigenvalue weighted by atomic mass is 16.7. The maximum Gasteiger partial charge on any atom is 0.221 e. The lowest BCUT2D eigenvalue weighted by molar-refractivity contribution is -0.272. The SMILES string of the molecule is OCC1(O)OC(O)[C@H](O)[C@@H]1O. The van der Waals surface area contributed by atoms with Crippen LogP contribution in [0.5, 0.6) is 0 Å². The summed E-state index contributed by atoms with van der Waals surface area (Å²) in [5.74, 6) is -2.25. The first-order valence-corrected chi connectivity index (χ1v) is 3.06. The number of rotatable bonds is 1. The molecule has 5 N–H and O–H groups in total. The molecular formula is C5H10O6. The predicted octanol–water partition coefficient (Wildman–Crippen LogP) is -3.26. The van der Waals surface area contributed by atoms with Crippen molar-refractivity contribution >= 4 is 0 Å². The minimum Gasteiger partial charge on any atom is -0.391 e. The molecule has 1 aliphatic heterocycles. The Morgan fingerprint density at radius 1 is 1.27 bits per heavy atom. The largest absolute Gasteiger partial charge is 0.391 e. The van der Waals surface area contributed by atoms with E-state index in [1.807, 2.05) is 0 Å². The number of hydrogen-bond acceptors (Lipinski definition) is 6. The first-order valence-electron chi connectivity index (χ1n) is 3.06. The minimum absolute atomic E-state index is 0.887. The molecule has 6 heteroatoms. The fourth-order valence-corrected chi connectivity index (χ4v) is 0.902. The van der Waals surface area contributed by atoms with Crippen molar-refractivity contribution in [3.05, 3.63) is 0 Å². The first kappa shape index (κ1) is 8.85. The smallest absolute Gasteiger partial charge is 0.221 e. The molecule has 0 aromatic rings. The Balaban J connectivity index is 2.73. The highest BCUT2D eigenvalue weighted by Crippen LogP contribution is 2.26. The molecule has 0 spiro atoms. The minimum atomic E-state index is -2.25. The Bertz CT molecular complexity index is 150. The third-order valence-corrected chi connectivity index (χ3v) is 1.63. The molecule has 1 aliphatic rings. The summed E-state index contributed by atoms with van der Waals surface area (Å²) in [5.41, 5.74) is 0. The molecule has 0 bridgehead atoms. The molecule has 0 radical (unpaired) electrons. The second kappa shape index (κ2) is 2.67. The number of ether oxygens (including phenoxy) is 1. The van der Waals surface area contributed by atoms with Crippen molar-refractivity contribution in [3.63, 3.8) is 0 Å². The summed E-state index contributed by atoms with van der Waals surface area (Å²) in [7, 11) is 0. The number of aliphatic hydroxyl groups excluding tert-OH is 4. The van der Waals surface area contributed by atoms with Gasteiger partial charge in [-0.15, -0.1) is 0 Å². The molecule has 1 saturated heterocycles. The Hall–Kier alpha value is -0.240. The van der Waals surface area contributed by atoms with Crippen LogP contribution < -0.4 is 0 Å². The van der Waals surface area contributed by atoms with Crippen molar-refractivity contribution in [1.29, 1.82) is 0 Å². The van der Waals surface area contributed by atoms with Gasteiger partial charge in [-0.05, 0) is 0 Å². The van der Waals surface area contributed by atoms with Gasteiger partial charge in [0.05, 0.1) is 6.61 Å². The van der Waals surface area contributed by atoms with Gasteiger partial charge in [0.2, 0.25) is 5.79 Å². The van der Waals surface area contributed by atoms with E-state index in [0.29, 0.717) is 0 Å². The summed E-state index contributed by atoms with van der Waals surface area (Å²) in [6.45, 7) is -0.887. The van der Waals surface area contributed by atoms with Crippen LogP contribution in [-0.4, -0.2) is 56.4 Å². The lowest BCUT2D eigenvalue weighted by atomic mass is 10.1. The van der Waals surface area contributed by atoms with E-state index in [2.05, 4.69) is 4.74 Å². The summed E-state index contributed by atoms with van der Waals surface area (Å²) in [5, 5.41) is 44.1. The van der Waals surface area contributed by atoms with E-state index in [-0.39, 0.29) is 0 Å². The van der Waals surface area contributed by atoms with Gasteiger partial charge >= 0.3 is 0 Å². The van der Waals surface area contributed by atoms with Crippen molar-refractivity contribution in [2.45, 2.75) is 24.3 Å². The molecule has 0 aromatic carbocycles. The van der Waals surface area contributed by atoms with Crippen molar-refractivity contribution < 1.29 is 30.3 Å². The Labute approximate surface area is 62.3 Å². The summed E-state index contributed by atoms with van der Waals surface area (Å²) in [6.07, 6.45) is -4.95. The summed E-state index contributed by atoms with van der Waals surface area (Å²) >= 11 is 0. The van der Waals surface area contributed by atoms with Gasteiger partial charge in [-0.3, -0.25) is 0 Å². The van der Waals surface area contributed by atoms with Gasteiger partial charge in [0.1, 0.15) is 12.2 Å². The fraction of sp³-hybridized carbons (Fsp3) is 1.00. The predicted molar refractivity (Wildman–Crippen MR) is 31.1 cm³/mol. The van der Waals surface area contributed by atoms with Gasteiger partial charge in [0.15, 0.2) is 6.29 Å². The van der Waals surface area contributed by atoms with Crippen LogP contribution in [0.15, 0.2) is 0 Å². The molecule has 2 unspecified atom stereocenters. The molecule has 0 saturated carbocycles. The van der Waals surface area contributed by atoms with Crippen LogP contribution in [0.1, 0.15) is 0 Å². The number of hydrogen-bond donors (Lipinski definition) is 5. The molecule has 0 aliphatic carbocycles. The lowest BCUT2D eigenvalue weighted by Gasteiger charge is -2.22. The molecule has 1 rings (SSSR count). The van der Waals surface area contributed by atoms with E-state index in [0.717, 1.165) is 0 Å². The Morgan fingerprint density at radius 3 is 2.00 bits per heavy atom. The van der Waals surface area contributed by atoms with E-state index in [1.165, 1.54) is 0 Å². The van der Waals surface area contributed by atoms with Crippen LogP contribution in [0.3, 0.4) is 0 Å². The standard InChI is InChI=1S/C5H10O6/c6-1-5(10)3(8)2(7)4(9)11-5/h2-4,6-10H,1H2/t2-,3+,4?,5?/m1/s1. The van der Waals surface area contributed by atoms with Gasteiger partial charge in [-0.1, -0.05) is 0 Å². The lowest BCUT2D eigenvalue weighted by Crippen LogP contribution is -2.46. The van der Waals surface area contributed by atoms with Gasteiger partial charge < -0.3 is 30.3 Å². The molecular weight excluding hydrogens is 156 g/mol. The first-order chi connectivity index (χ1) is 5.01. The van der Waals surface area contributed by atoms with Crippen LogP contribution in [-0.2, 0) is 4.74 Å². The fourth-order valence-electron chi connectivity index (χ4n) is 0.902. The Morgan fingerprint density at radius 2 is 1.82 bits per heavy atom. The highest BCUT2D eigenvalue weighted by Gasteiger charge is 2.52. The molecule has 6 nitrogen and oxygen atoms in total. The molecule has 0 aromatic heterocycles. The summed E-state index contributed by atoms with van der Waals surface area (Å²) < 4.78 is 4.28. The molecule has 1 fully saturated rings. The van der Waals surface area contributed by atoms with E-state index in [9.17, 15) is 0 Å². The summed E-state index contributed by atoms with van der Waals surface area (Å²) in [4.78, 5) is 0. The van der Waals surface area contributed by atoms with Crippen molar-refractivity contribution in [2.24, 2.45) is 0 Å². The van der Waals surface area contributed by atoms with Crippen LogP contribution in [0, 0.1) is 0 Å². The van der Waals surface area contributed by atoms with Gasteiger partial charge in [0.25, 0.3) is 0 Å². The zero-order valence-electron chi connectivity index (χ0n) is 5.58. The zero-order valence-corrected chi connectivity index (χ0v) is 5.58. The van der Waals surface area contributed by atoms with E-state index in [1.54, 1.807) is 0 Å². The quantitative estimate of drug-likeness (QED) is 0.279. The van der Waals surface area contributed by atoms with Gasteiger partial charge in [-0.25, -0.2) is 0 Å².